The molecule has 1 aromatic carbocycles. The largest absolute Gasteiger partial charge is 0.329 e. The third kappa shape index (κ3) is 4.06. The SMILES string of the molecule is CN(Cc1ccc(Cl)cc1)C(CN)c1cc(Br)c(Br)s1. The number of likely N-dealkylation sites (N-methyl/N-ethyl adjacent to an activating group) is 1. The van der Waals surface area contributed by atoms with Crippen LogP contribution in [0.3, 0.4) is 0 Å². The normalized spacial score (nSPS) is 12.9. The highest BCUT2D eigenvalue weighted by atomic mass is 79.9. The first-order valence-corrected chi connectivity index (χ1v) is 8.88. The van der Waals surface area contributed by atoms with Crippen molar-refractivity contribution in [2.75, 3.05) is 13.6 Å². The number of thiophene rings is 1. The van der Waals surface area contributed by atoms with Crippen molar-refractivity contribution in [2.24, 2.45) is 5.73 Å². The minimum absolute atomic E-state index is 0.207. The van der Waals surface area contributed by atoms with Crippen molar-refractivity contribution >= 4 is 54.8 Å². The van der Waals surface area contributed by atoms with E-state index in [2.05, 4.69) is 49.9 Å². The second-order valence-electron chi connectivity index (χ2n) is 4.56. The van der Waals surface area contributed by atoms with E-state index in [9.17, 15) is 0 Å². The van der Waals surface area contributed by atoms with Gasteiger partial charge in [-0.1, -0.05) is 23.7 Å². The smallest absolute Gasteiger partial charge is 0.0843 e. The van der Waals surface area contributed by atoms with Gasteiger partial charge in [-0.15, -0.1) is 11.3 Å². The van der Waals surface area contributed by atoms with E-state index in [-0.39, 0.29) is 6.04 Å². The Hall–Kier alpha value is 0.0900. The van der Waals surface area contributed by atoms with Crippen molar-refractivity contribution in [1.29, 1.82) is 0 Å². The van der Waals surface area contributed by atoms with Gasteiger partial charge < -0.3 is 5.73 Å². The van der Waals surface area contributed by atoms with Gasteiger partial charge >= 0.3 is 0 Å². The lowest BCUT2D eigenvalue weighted by Gasteiger charge is -2.26. The molecule has 2 rings (SSSR count). The van der Waals surface area contributed by atoms with E-state index in [0.29, 0.717) is 6.54 Å². The van der Waals surface area contributed by atoms with Gasteiger partial charge in [-0.3, -0.25) is 4.90 Å². The molecule has 0 saturated heterocycles. The van der Waals surface area contributed by atoms with E-state index < -0.39 is 0 Å². The highest BCUT2D eigenvalue weighted by Crippen LogP contribution is 2.37. The standard InChI is InChI=1S/C14H15Br2ClN2S/c1-19(8-9-2-4-10(17)5-3-9)12(7-18)13-6-11(15)14(16)20-13/h2-6,12H,7-8,18H2,1H3. The first-order valence-electron chi connectivity index (χ1n) is 6.10. The zero-order valence-corrected chi connectivity index (χ0v) is 15.7. The van der Waals surface area contributed by atoms with E-state index in [0.717, 1.165) is 19.8 Å². The van der Waals surface area contributed by atoms with Crippen molar-refractivity contribution < 1.29 is 0 Å². The monoisotopic (exact) mass is 436 g/mol. The molecule has 0 radical (unpaired) electrons. The molecule has 1 heterocycles. The van der Waals surface area contributed by atoms with Gasteiger partial charge in [0.1, 0.15) is 0 Å². The van der Waals surface area contributed by atoms with Crippen molar-refractivity contribution in [3.63, 3.8) is 0 Å². The summed E-state index contributed by atoms with van der Waals surface area (Å²) in [6, 6.07) is 10.3. The molecule has 0 saturated carbocycles. The van der Waals surface area contributed by atoms with E-state index in [1.165, 1.54) is 10.4 Å². The van der Waals surface area contributed by atoms with Gasteiger partial charge in [0, 0.05) is 27.5 Å². The molecule has 0 spiro atoms. The molecule has 0 amide bonds. The maximum Gasteiger partial charge on any atom is 0.0843 e. The number of rotatable bonds is 5. The Kier molecular flexibility index (Phi) is 6.08. The molecule has 2 nitrogen and oxygen atoms in total. The van der Waals surface area contributed by atoms with Crippen LogP contribution < -0.4 is 5.73 Å². The maximum atomic E-state index is 5.96. The molecule has 2 aromatic rings. The van der Waals surface area contributed by atoms with E-state index >= 15 is 0 Å². The van der Waals surface area contributed by atoms with Crippen LogP contribution in [-0.4, -0.2) is 18.5 Å². The summed E-state index contributed by atoms with van der Waals surface area (Å²) in [7, 11) is 2.09. The molecule has 0 aliphatic carbocycles. The third-order valence-electron chi connectivity index (χ3n) is 3.09. The van der Waals surface area contributed by atoms with Crippen molar-refractivity contribution in [1.82, 2.24) is 4.90 Å². The number of nitrogens with two attached hydrogens (primary N) is 1. The number of halogens is 3. The Morgan fingerprint density at radius 2 is 1.95 bits per heavy atom. The Balaban J connectivity index is 2.12. The van der Waals surface area contributed by atoms with Crippen molar-refractivity contribution in [3.8, 4) is 0 Å². The van der Waals surface area contributed by atoms with Gasteiger partial charge in [0.25, 0.3) is 0 Å². The maximum absolute atomic E-state index is 5.96. The zero-order chi connectivity index (χ0) is 14.7. The highest BCUT2D eigenvalue weighted by Gasteiger charge is 2.19. The van der Waals surface area contributed by atoms with Crippen LogP contribution in [-0.2, 0) is 6.54 Å². The van der Waals surface area contributed by atoms with Crippen molar-refractivity contribution in [3.05, 3.63) is 54.1 Å². The van der Waals surface area contributed by atoms with Crippen LogP contribution in [0.2, 0.25) is 5.02 Å². The van der Waals surface area contributed by atoms with Crippen LogP contribution in [0, 0.1) is 0 Å². The Labute approximate surface area is 145 Å². The molecule has 6 heteroatoms. The number of nitrogens with zero attached hydrogens (tertiary/aromatic N) is 1. The predicted molar refractivity (Wildman–Crippen MR) is 94.4 cm³/mol. The molecular formula is C14H15Br2ClN2S. The molecule has 0 aliphatic heterocycles. The van der Waals surface area contributed by atoms with Gasteiger partial charge in [0.15, 0.2) is 0 Å². The summed E-state index contributed by atoms with van der Waals surface area (Å²) in [5, 5.41) is 0.762. The molecule has 1 aromatic heterocycles. The van der Waals surface area contributed by atoms with E-state index in [4.69, 9.17) is 17.3 Å². The van der Waals surface area contributed by atoms with E-state index in [1.54, 1.807) is 11.3 Å². The summed E-state index contributed by atoms with van der Waals surface area (Å²) in [6.07, 6.45) is 0. The average Bonchev–Trinajstić information content (AvgIpc) is 2.73. The first kappa shape index (κ1) is 16.5. The summed E-state index contributed by atoms with van der Waals surface area (Å²) >= 11 is 14.7. The van der Waals surface area contributed by atoms with Crippen molar-refractivity contribution in [2.45, 2.75) is 12.6 Å². The molecule has 0 fully saturated rings. The van der Waals surface area contributed by atoms with E-state index in [1.807, 2.05) is 24.3 Å². The Morgan fingerprint density at radius 1 is 1.30 bits per heavy atom. The fourth-order valence-corrected chi connectivity index (χ4v) is 4.42. The van der Waals surface area contributed by atoms with Gasteiger partial charge in [-0.05, 0) is 62.7 Å². The molecule has 1 unspecified atom stereocenters. The fraction of sp³-hybridized carbons (Fsp3) is 0.286. The van der Waals surface area contributed by atoms with Crippen LogP contribution in [0.4, 0.5) is 0 Å². The summed E-state index contributed by atoms with van der Waals surface area (Å²) in [6.45, 7) is 1.43. The fourth-order valence-electron chi connectivity index (χ4n) is 2.03. The second kappa shape index (κ2) is 7.38. The number of hydrogen-bond acceptors (Lipinski definition) is 3. The average molecular weight is 439 g/mol. The van der Waals surface area contributed by atoms with Gasteiger partial charge in [-0.2, -0.15) is 0 Å². The molecule has 108 valence electrons. The number of hydrogen-bond donors (Lipinski definition) is 1. The van der Waals surface area contributed by atoms with Crippen LogP contribution in [0.1, 0.15) is 16.5 Å². The summed E-state index contributed by atoms with van der Waals surface area (Å²) < 4.78 is 2.18. The van der Waals surface area contributed by atoms with Gasteiger partial charge in [0.2, 0.25) is 0 Å². The first-order chi connectivity index (χ1) is 9.51. The summed E-state index contributed by atoms with van der Waals surface area (Å²) in [5.41, 5.74) is 7.18. The van der Waals surface area contributed by atoms with Crippen LogP contribution in [0.15, 0.2) is 38.6 Å². The number of benzene rings is 1. The summed E-state index contributed by atoms with van der Waals surface area (Å²) in [4.78, 5) is 3.51. The van der Waals surface area contributed by atoms with Crippen LogP contribution in [0.5, 0.6) is 0 Å². The van der Waals surface area contributed by atoms with Gasteiger partial charge in [-0.25, -0.2) is 0 Å². The molecule has 0 aliphatic rings. The quantitative estimate of drug-likeness (QED) is 0.707. The minimum Gasteiger partial charge on any atom is -0.329 e. The third-order valence-corrected chi connectivity index (χ3v) is 6.70. The lowest BCUT2D eigenvalue weighted by atomic mass is 10.1. The minimum atomic E-state index is 0.207. The predicted octanol–water partition coefficient (Wildman–Crippen LogP) is 5.06. The van der Waals surface area contributed by atoms with Crippen LogP contribution >= 0.6 is 54.8 Å². The van der Waals surface area contributed by atoms with Crippen LogP contribution in [0.25, 0.3) is 0 Å². The zero-order valence-electron chi connectivity index (χ0n) is 10.9. The highest BCUT2D eigenvalue weighted by molar-refractivity contribution is 9.13. The molecular weight excluding hydrogens is 423 g/mol. The topological polar surface area (TPSA) is 29.3 Å². The molecule has 20 heavy (non-hydrogen) atoms. The lowest BCUT2D eigenvalue weighted by molar-refractivity contribution is 0.245. The lowest BCUT2D eigenvalue weighted by Crippen LogP contribution is -2.29. The molecule has 2 N–H and O–H groups in total. The molecule has 0 bridgehead atoms. The second-order valence-corrected chi connectivity index (χ2v) is 8.26. The summed E-state index contributed by atoms with van der Waals surface area (Å²) in [5.74, 6) is 0. The molecule has 1 atom stereocenters. The van der Waals surface area contributed by atoms with Gasteiger partial charge in [0.05, 0.1) is 9.83 Å². The Bertz CT molecular complexity index is 552. The Morgan fingerprint density at radius 3 is 2.45 bits per heavy atom.